The monoisotopic (exact) mass is 418 g/mol. The molecule has 152 valence electrons. The molecule has 0 bridgehead atoms. The first-order valence-corrected chi connectivity index (χ1v) is 9.35. The van der Waals surface area contributed by atoms with Crippen molar-refractivity contribution in [2.24, 2.45) is 10.7 Å². The summed E-state index contributed by atoms with van der Waals surface area (Å²) in [5, 5.41) is 10.6. The molecule has 29 heavy (non-hydrogen) atoms. The number of aromatic nitrogens is 2. The van der Waals surface area contributed by atoms with Crippen LogP contribution in [0.4, 0.5) is 16.0 Å². The molecule has 11 nitrogen and oxygen atoms in total. The third-order valence-corrected chi connectivity index (χ3v) is 4.66. The van der Waals surface area contributed by atoms with Gasteiger partial charge in [-0.2, -0.15) is 0 Å². The molecule has 1 aliphatic rings. The summed E-state index contributed by atoms with van der Waals surface area (Å²) in [6.45, 7) is 2.16. The summed E-state index contributed by atoms with van der Waals surface area (Å²) < 4.78 is 10.1. The highest BCUT2D eigenvalue weighted by molar-refractivity contribution is 7.18. The summed E-state index contributed by atoms with van der Waals surface area (Å²) >= 11 is 1.03. The molecule has 2 amide bonds. The number of nitrogens with zero attached hydrogens (tertiary/aromatic N) is 4. The SMILES string of the molecule is COc1c(N2CCCC2=O)cc(C(=O)Nc2nnc(/N=C(C)/C=C\N)s2)oc1=O. The topological polar surface area (TPSA) is 153 Å². The number of anilines is 2. The van der Waals surface area contributed by atoms with E-state index in [1.807, 2.05) is 0 Å². The summed E-state index contributed by atoms with van der Waals surface area (Å²) in [5.74, 6) is -1.29. The lowest BCUT2D eigenvalue weighted by atomic mass is 10.3. The van der Waals surface area contributed by atoms with Crippen LogP contribution >= 0.6 is 11.3 Å². The van der Waals surface area contributed by atoms with Crippen molar-refractivity contribution in [3.05, 3.63) is 34.5 Å². The minimum Gasteiger partial charge on any atom is -0.488 e. The highest BCUT2D eigenvalue weighted by Gasteiger charge is 2.28. The maximum Gasteiger partial charge on any atom is 0.381 e. The van der Waals surface area contributed by atoms with E-state index in [2.05, 4.69) is 20.5 Å². The predicted octanol–water partition coefficient (Wildman–Crippen LogP) is 1.44. The molecule has 12 heteroatoms. The van der Waals surface area contributed by atoms with Crippen molar-refractivity contribution >= 4 is 44.8 Å². The Labute approximate surface area is 168 Å². The van der Waals surface area contributed by atoms with Crippen molar-refractivity contribution in [1.29, 1.82) is 0 Å². The van der Waals surface area contributed by atoms with Gasteiger partial charge in [0.25, 0.3) is 5.91 Å². The molecule has 0 saturated carbocycles. The normalized spacial score (nSPS) is 14.6. The second-order valence-corrected chi connectivity index (χ2v) is 6.88. The molecule has 0 spiro atoms. The Hall–Kier alpha value is -3.54. The number of methoxy groups -OCH3 is 1. The zero-order valence-electron chi connectivity index (χ0n) is 15.7. The average Bonchev–Trinajstić information content (AvgIpc) is 3.29. The van der Waals surface area contributed by atoms with Crippen LogP contribution in [0.15, 0.2) is 32.5 Å². The van der Waals surface area contributed by atoms with Gasteiger partial charge in [0, 0.05) is 24.7 Å². The molecular weight excluding hydrogens is 400 g/mol. The number of amides is 2. The van der Waals surface area contributed by atoms with Gasteiger partial charge in [-0.3, -0.25) is 14.9 Å². The minimum atomic E-state index is -0.860. The standard InChI is InChI=1S/C17H18N6O5S/c1-9(5-6-18)19-16-21-22-17(29-16)20-14(25)11-8-10(13(27-2)15(26)28-11)23-7-3-4-12(23)24/h5-6,8H,3-4,7,18H2,1-2H3,(H,20,22,25)/b6-5-,19-9+. The number of carbonyl (C=O) groups excluding carboxylic acids is 2. The average molecular weight is 418 g/mol. The van der Waals surface area contributed by atoms with Gasteiger partial charge in [-0.1, -0.05) is 11.3 Å². The molecule has 1 fully saturated rings. The Morgan fingerprint density at radius 2 is 2.24 bits per heavy atom. The third-order valence-electron chi connectivity index (χ3n) is 3.92. The number of aliphatic imine (C=N–C) groups is 1. The van der Waals surface area contributed by atoms with E-state index in [4.69, 9.17) is 14.9 Å². The van der Waals surface area contributed by atoms with Crippen molar-refractivity contribution < 1.29 is 18.7 Å². The van der Waals surface area contributed by atoms with Gasteiger partial charge in [0.15, 0.2) is 5.76 Å². The fourth-order valence-corrected chi connectivity index (χ4v) is 3.34. The number of ether oxygens (including phenoxy) is 1. The molecule has 0 unspecified atom stereocenters. The molecule has 3 N–H and O–H groups in total. The van der Waals surface area contributed by atoms with Gasteiger partial charge in [0.05, 0.1) is 12.8 Å². The van der Waals surface area contributed by atoms with Crippen LogP contribution in [-0.4, -0.2) is 41.4 Å². The van der Waals surface area contributed by atoms with Gasteiger partial charge in [-0.25, -0.2) is 9.79 Å². The molecule has 1 aliphatic heterocycles. The second kappa shape index (κ2) is 8.65. The zero-order chi connectivity index (χ0) is 21.0. The van der Waals surface area contributed by atoms with E-state index in [0.29, 0.717) is 30.2 Å². The van der Waals surface area contributed by atoms with Gasteiger partial charge in [0.2, 0.25) is 21.9 Å². The van der Waals surface area contributed by atoms with Crippen molar-refractivity contribution in [3.8, 4) is 5.75 Å². The summed E-state index contributed by atoms with van der Waals surface area (Å²) in [4.78, 5) is 42.4. The van der Waals surface area contributed by atoms with E-state index in [1.165, 1.54) is 24.3 Å². The van der Waals surface area contributed by atoms with Crippen LogP contribution in [0, 0.1) is 0 Å². The summed E-state index contributed by atoms with van der Waals surface area (Å²) in [7, 11) is 1.29. The Morgan fingerprint density at radius 3 is 2.90 bits per heavy atom. The van der Waals surface area contributed by atoms with Gasteiger partial charge in [0.1, 0.15) is 0 Å². The van der Waals surface area contributed by atoms with E-state index in [9.17, 15) is 14.4 Å². The third kappa shape index (κ3) is 4.48. The molecule has 3 rings (SSSR count). The van der Waals surface area contributed by atoms with Crippen molar-refractivity contribution in [2.75, 3.05) is 23.9 Å². The lowest BCUT2D eigenvalue weighted by Gasteiger charge is -2.18. The number of rotatable bonds is 6. The molecule has 0 aromatic carbocycles. The van der Waals surface area contributed by atoms with E-state index in [1.54, 1.807) is 13.0 Å². The summed E-state index contributed by atoms with van der Waals surface area (Å²) in [6, 6.07) is 1.30. The van der Waals surface area contributed by atoms with Crippen LogP contribution in [0.25, 0.3) is 0 Å². The molecular formula is C17H18N6O5S. The molecule has 3 heterocycles. The fraction of sp³-hybridized carbons (Fsp3) is 0.294. The number of carbonyl (C=O) groups is 2. The van der Waals surface area contributed by atoms with E-state index < -0.39 is 11.5 Å². The highest BCUT2D eigenvalue weighted by atomic mass is 32.1. The van der Waals surface area contributed by atoms with Gasteiger partial charge >= 0.3 is 5.63 Å². The summed E-state index contributed by atoms with van der Waals surface area (Å²) in [6.07, 6.45) is 3.94. The quantitative estimate of drug-likeness (QED) is 0.668. The maximum absolute atomic E-state index is 12.5. The van der Waals surface area contributed by atoms with Crippen LogP contribution in [0.3, 0.4) is 0 Å². The van der Waals surface area contributed by atoms with E-state index >= 15 is 0 Å². The van der Waals surface area contributed by atoms with Crippen LogP contribution in [-0.2, 0) is 4.79 Å². The Kier molecular flexibility index (Phi) is 6.02. The minimum absolute atomic E-state index is 0.132. The molecule has 0 aliphatic carbocycles. The molecule has 0 atom stereocenters. The molecule has 1 saturated heterocycles. The van der Waals surface area contributed by atoms with Gasteiger partial charge < -0.3 is 19.8 Å². The highest BCUT2D eigenvalue weighted by Crippen LogP contribution is 2.30. The van der Waals surface area contributed by atoms with Crippen LogP contribution in [0.2, 0.25) is 0 Å². The van der Waals surface area contributed by atoms with E-state index in [0.717, 1.165) is 11.3 Å². The first kappa shape index (κ1) is 20.2. The number of allylic oxidation sites excluding steroid dienone is 1. The van der Waals surface area contributed by atoms with Gasteiger partial charge in [-0.05, 0) is 25.6 Å². The van der Waals surface area contributed by atoms with Crippen LogP contribution in [0.1, 0.15) is 30.3 Å². The summed E-state index contributed by atoms with van der Waals surface area (Å²) in [5.41, 5.74) is 5.25. The van der Waals surface area contributed by atoms with Crippen molar-refractivity contribution in [1.82, 2.24) is 10.2 Å². The Bertz CT molecular complexity index is 1060. The largest absolute Gasteiger partial charge is 0.488 e. The number of hydrogen-bond acceptors (Lipinski definition) is 10. The number of nitrogens with two attached hydrogens (primary N) is 1. The first-order valence-electron chi connectivity index (χ1n) is 8.54. The molecule has 2 aromatic heterocycles. The number of hydrogen-bond donors (Lipinski definition) is 2. The maximum atomic E-state index is 12.5. The smallest absolute Gasteiger partial charge is 0.381 e. The van der Waals surface area contributed by atoms with Crippen LogP contribution in [0.5, 0.6) is 5.75 Å². The zero-order valence-corrected chi connectivity index (χ0v) is 16.5. The predicted molar refractivity (Wildman–Crippen MR) is 107 cm³/mol. The fourth-order valence-electron chi connectivity index (χ4n) is 2.67. The van der Waals surface area contributed by atoms with E-state index in [-0.39, 0.29) is 28.2 Å². The Balaban J connectivity index is 1.85. The second-order valence-electron chi connectivity index (χ2n) is 5.92. The number of nitrogens with one attached hydrogen (secondary N) is 1. The van der Waals surface area contributed by atoms with Crippen molar-refractivity contribution in [3.63, 3.8) is 0 Å². The van der Waals surface area contributed by atoms with Crippen molar-refractivity contribution in [2.45, 2.75) is 19.8 Å². The lowest BCUT2D eigenvalue weighted by Crippen LogP contribution is -2.27. The lowest BCUT2D eigenvalue weighted by molar-refractivity contribution is -0.117. The Morgan fingerprint density at radius 1 is 1.45 bits per heavy atom. The first-order chi connectivity index (χ1) is 13.9. The molecule has 0 radical (unpaired) electrons. The van der Waals surface area contributed by atoms with Crippen LogP contribution < -0.4 is 26.3 Å². The van der Waals surface area contributed by atoms with Gasteiger partial charge in [-0.15, -0.1) is 10.2 Å². The molecule has 2 aromatic rings.